The first-order valence-electron chi connectivity index (χ1n) is 3.47. The lowest BCUT2D eigenvalue weighted by molar-refractivity contribution is -0.387. The van der Waals surface area contributed by atoms with Crippen molar-refractivity contribution in [2.75, 3.05) is 7.11 Å². The van der Waals surface area contributed by atoms with E-state index in [1.54, 1.807) is 0 Å². The van der Waals surface area contributed by atoms with E-state index in [0.29, 0.717) is 0 Å². The zero-order chi connectivity index (χ0) is 9.84. The van der Waals surface area contributed by atoms with Gasteiger partial charge < -0.3 is 9.84 Å². The number of rotatable bonds is 3. The van der Waals surface area contributed by atoms with Crippen LogP contribution < -0.4 is 0 Å². The molecule has 1 aromatic heterocycles. The van der Waals surface area contributed by atoms with Crippen LogP contribution in [0.3, 0.4) is 0 Å². The number of aliphatic hydroxyl groups excluding tert-OH is 1. The summed E-state index contributed by atoms with van der Waals surface area (Å²) in [5.74, 6) is 0. The Morgan fingerprint density at radius 3 is 3.00 bits per heavy atom. The molecule has 0 aliphatic heterocycles. The summed E-state index contributed by atoms with van der Waals surface area (Å²) < 4.78 is 4.52. The van der Waals surface area contributed by atoms with Crippen LogP contribution in [0.1, 0.15) is 12.0 Å². The van der Waals surface area contributed by atoms with Crippen LogP contribution in [0.2, 0.25) is 0 Å². The van der Waals surface area contributed by atoms with Gasteiger partial charge in [0.05, 0.1) is 4.92 Å². The number of aliphatic hydroxyl groups is 1. The second-order valence-electron chi connectivity index (χ2n) is 2.25. The van der Waals surface area contributed by atoms with Gasteiger partial charge in [-0.15, -0.1) is 0 Å². The van der Waals surface area contributed by atoms with Gasteiger partial charge in [-0.05, 0) is 6.07 Å². The highest BCUT2D eigenvalue weighted by Gasteiger charge is 2.20. The lowest BCUT2D eigenvalue weighted by Gasteiger charge is -2.06. The minimum atomic E-state index is -1.36. The Bertz CT molecular complexity index is 315. The maximum absolute atomic E-state index is 10.4. The van der Waals surface area contributed by atoms with Gasteiger partial charge in [0.25, 0.3) is 5.69 Å². The fraction of sp³-hybridized carbons (Fsp3) is 0.286. The molecule has 6 heteroatoms. The molecule has 0 saturated carbocycles. The predicted molar refractivity (Wildman–Crippen MR) is 42.9 cm³/mol. The van der Waals surface area contributed by atoms with E-state index in [-0.39, 0.29) is 11.4 Å². The summed E-state index contributed by atoms with van der Waals surface area (Å²) in [6, 6.07) is 2.68. The maximum Gasteiger partial charge on any atom is 0.296 e. The van der Waals surface area contributed by atoms with Crippen molar-refractivity contribution in [2.45, 2.75) is 6.29 Å². The van der Waals surface area contributed by atoms with Gasteiger partial charge in [0.2, 0.25) is 6.29 Å². The molecule has 0 aliphatic rings. The number of hydrogen-bond donors (Lipinski definition) is 1. The molecule has 0 radical (unpaired) electrons. The van der Waals surface area contributed by atoms with E-state index in [1.807, 2.05) is 0 Å². The number of ether oxygens (including phenoxy) is 1. The van der Waals surface area contributed by atoms with Crippen molar-refractivity contribution in [3.8, 4) is 0 Å². The fourth-order valence-electron chi connectivity index (χ4n) is 0.865. The summed E-state index contributed by atoms with van der Waals surface area (Å²) in [7, 11) is 1.24. The van der Waals surface area contributed by atoms with Crippen LogP contribution in [0.25, 0.3) is 0 Å². The van der Waals surface area contributed by atoms with Gasteiger partial charge in [-0.3, -0.25) is 10.1 Å². The lowest BCUT2D eigenvalue weighted by atomic mass is 10.3. The molecule has 0 aliphatic carbocycles. The van der Waals surface area contributed by atoms with Crippen LogP contribution >= 0.6 is 0 Å². The number of nitrogens with zero attached hydrogens (tertiary/aromatic N) is 2. The van der Waals surface area contributed by atoms with Gasteiger partial charge in [-0.2, -0.15) is 0 Å². The Hall–Kier alpha value is -1.53. The zero-order valence-corrected chi connectivity index (χ0v) is 6.88. The number of methoxy groups -OCH3 is 1. The number of aromatic nitrogens is 1. The molecule has 1 atom stereocenters. The van der Waals surface area contributed by atoms with Crippen molar-refractivity contribution in [2.24, 2.45) is 0 Å². The average Bonchev–Trinajstić information content (AvgIpc) is 2.16. The molecule has 1 aromatic rings. The van der Waals surface area contributed by atoms with Gasteiger partial charge in [-0.1, -0.05) is 0 Å². The summed E-state index contributed by atoms with van der Waals surface area (Å²) in [5, 5.41) is 19.6. The Kier molecular flexibility index (Phi) is 2.88. The third kappa shape index (κ3) is 1.98. The van der Waals surface area contributed by atoms with E-state index in [0.717, 1.165) is 0 Å². The first kappa shape index (κ1) is 9.56. The molecule has 13 heavy (non-hydrogen) atoms. The van der Waals surface area contributed by atoms with E-state index >= 15 is 0 Å². The molecule has 0 saturated heterocycles. The van der Waals surface area contributed by atoms with Crippen molar-refractivity contribution in [3.05, 3.63) is 34.1 Å². The Labute approximate surface area is 73.9 Å². The molecule has 0 fully saturated rings. The third-order valence-electron chi connectivity index (χ3n) is 1.47. The molecule has 1 rings (SSSR count). The molecule has 0 amide bonds. The molecule has 1 N–H and O–H groups in total. The zero-order valence-electron chi connectivity index (χ0n) is 6.88. The van der Waals surface area contributed by atoms with Crippen LogP contribution in [0.4, 0.5) is 5.69 Å². The number of nitro groups is 1. The Morgan fingerprint density at radius 2 is 2.46 bits per heavy atom. The van der Waals surface area contributed by atoms with Crippen molar-refractivity contribution in [1.82, 2.24) is 4.98 Å². The highest BCUT2D eigenvalue weighted by molar-refractivity contribution is 5.34. The van der Waals surface area contributed by atoms with Crippen molar-refractivity contribution < 1.29 is 14.8 Å². The van der Waals surface area contributed by atoms with E-state index in [2.05, 4.69) is 9.72 Å². The molecular formula is C7H8N2O4. The second-order valence-corrected chi connectivity index (χ2v) is 2.25. The summed E-state index contributed by atoms with van der Waals surface area (Å²) >= 11 is 0. The minimum absolute atomic E-state index is 0.0880. The molecular weight excluding hydrogens is 176 g/mol. The monoisotopic (exact) mass is 184 g/mol. The number of hydrogen-bond acceptors (Lipinski definition) is 5. The summed E-state index contributed by atoms with van der Waals surface area (Å²) in [4.78, 5) is 13.5. The van der Waals surface area contributed by atoms with Crippen LogP contribution in [0.5, 0.6) is 0 Å². The minimum Gasteiger partial charge on any atom is -0.363 e. The molecule has 70 valence electrons. The molecule has 0 spiro atoms. The van der Waals surface area contributed by atoms with Gasteiger partial charge in [-0.25, -0.2) is 4.98 Å². The molecule has 0 bridgehead atoms. The Balaban J connectivity index is 3.11. The van der Waals surface area contributed by atoms with Crippen LogP contribution in [0.15, 0.2) is 18.3 Å². The fourth-order valence-corrected chi connectivity index (χ4v) is 0.865. The normalized spacial score (nSPS) is 12.5. The third-order valence-corrected chi connectivity index (χ3v) is 1.47. The summed E-state index contributed by atoms with van der Waals surface area (Å²) in [5.41, 5.74) is -0.341. The van der Waals surface area contributed by atoms with Crippen LogP contribution in [-0.4, -0.2) is 22.1 Å². The van der Waals surface area contributed by atoms with Gasteiger partial charge in [0.15, 0.2) is 5.69 Å². The van der Waals surface area contributed by atoms with Crippen LogP contribution in [-0.2, 0) is 4.74 Å². The molecule has 1 heterocycles. The quantitative estimate of drug-likeness (QED) is 0.423. The van der Waals surface area contributed by atoms with Gasteiger partial charge in [0.1, 0.15) is 0 Å². The van der Waals surface area contributed by atoms with E-state index in [4.69, 9.17) is 5.11 Å². The first-order chi connectivity index (χ1) is 6.16. The standard InChI is InChI=1S/C7H8N2O4/c1-13-7(10)6-5(9(11)12)3-2-4-8-6/h2-4,7,10H,1H3/t7-/m0/s1. The maximum atomic E-state index is 10.4. The van der Waals surface area contributed by atoms with E-state index in [1.165, 1.54) is 25.4 Å². The first-order valence-corrected chi connectivity index (χ1v) is 3.47. The molecule has 0 aromatic carbocycles. The highest BCUT2D eigenvalue weighted by atomic mass is 16.6. The SMILES string of the molecule is CO[C@H](O)c1ncccc1[N+](=O)[O-]. The largest absolute Gasteiger partial charge is 0.363 e. The molecule has 6 nitrogen and oxygen atoms in total. The molecule has 0 unspecified atom stereocenters. The Morgan fingerprint density at radius 1 is 1.77 bits per heavy atom. The summed E-state index contributed by atoms with van der Waals surface area (Å²) in [6.07, 6.45) is -0.00787. The van der Waals surface area contributed by atoms with Crippen LogP contribution in [0, 0.1) is 10.1 Å². The van der Waals surface area contributed by atoms with Crippen molar-refractivity contribution in [3.63, 3.8) is 0 Å². The van der Waals surface area contributed by atoms with E-state index in [9.17, 15) is 10.1 Å². The second kappa shape index (κ2) is 3.92. The van der Waals surface area contributed by atoms with Crippen molar-refractivity contribution in [1.29, 1.82) is 0 Å². The topological polar surface area (TPSA) is 85.5 Å². The highest BCUT2D eigenvalue weighted by Crippen LogP contribution is 2.21. The van der Waals surface area contributed by atoms with Gasteiger partial charge >= 0.3 is 0 Å². The lowest BCUT2D eigenvalue weighted by Crippen LogP contribution is -2.06. The van der Waals surface area contributed by atoms with E-state index < -0.39 is 11.2 Å². The van der Waals surface area contributed by atoms with Gasteiger partial charge in [0, 0.05) is 19.4 Å². The average molecular weight is 184 g/mol. The van der Waals surface area contributed by atoms with Crippen molar-refractivity contribution >= 4 is 5.69 Å². The summed E-state index contributed by atoms with van der Waals surface area (Å²) in [6.45, 7) is 0. The predicted octanol–water partition coefficient (Wildman–Crippen LogP) is 0.627. The number of pyridine rings is 1. The smallest absolute Gasteiger partial charge is 0.296 e.